The van der Waals surface area contributed by atoms with Crippen LogP contribution in [0.2, 0.25) is 10.0 Å². The van der Waals surface area contributed by atoms with Gasteiger partial charge in [0.2, 0.25) is 0 Å². The number of anilines is 1. The van der Waals surface area contributed by atoms with Crippen molar-refractivity contribution in [1.29, 1.82) is 0 Å². The third-order valence-corrected chi connectivity index (χ3v) is 7.46. The Balaban J connectivity index is 1.70. The third-order valence-electron chi connectivity index (χ3n) is 5.62. The van der Waals surface area contributed by atoms with E-state index < -0.39 is 11.9 Å². The Morgan fingerprint density at radius 3 is 2.64 bits per heavy atom. The number of thiophene rings is 1. The molecular formula is C24H24Cl2N2O4S. The number of aryl methyl sites for hydroxylation is 2. The number of carbonyl (C=O) groups excluding carboxylic acids is 2. The average molecular weight is 507 g/mol. The van der Waals surface area contributed by atoms with Gasteiger partial charge in [-0.3, -0.25) is 4.79 Å². The minimum atomic E-state index is -0.444. The number of rotatable bonds is 7. The molecule has 174 valence electrons. The smallest absolute Gasteiger partial charge is 0.341 e. The van der Waals surface area contributed by atoms with Crippen molar-refractivity contribution in [1.82, 2.24) is 5.16 Å². The molecule has 33 heavy (non-hydrogen) atoms. The Morgan fingerprint density at radius 2 is 1.91 bits per heavy atom. The highest BCUT2D eigenvalue weighted by atomic mass is 35.5. The summed E-state index contributed by atoms with van der Waals surface area (Å²) in [4.78, 5) is 27.5. The van der Waals surface area contributed by atoms with E-state index in [0.29, 0.717) is 38.5 Å². The van der Waals surface area contributed by atoms with Crippen LogP contribution in [-0.2, 0) is 17.6 Å². The molecule has 0 fully saturated rings. The summed E-state index contributed by atoms with van der Waals surface area (Å²) in [5, 5.41) is 8.18. The Morgan fingerprint density at radius 1 is 1.18 bits per heavy atom. The third kappa shape index (κ3) is 4.81. The number of aromatic nitrogens is 1. The molecule has 6 nitrogen and oxygen atoms in total. The van der Waals surface area contributed by atoms with Crippen molar-refractivity contribution in [2.75, 3.05) is 11.9 Å². The lowest BCUT2D eigenvalue weighted by atomic mass is 9.95. The predicted octanol–water partition coefficient (Wildman–Crippen LogP) is 7.11. The second-order valence-electron chi connectivity index (χ2n) is 7.92. The van der Waals surface area contributed by atoms with Gasteiger partial charge in [-0.25, -0.2) is 4.79 Å². The van der Waals surface area contributed by atoms with Crippen LogP contribution in [0.25, 0.3) is 11.3 Å². The maximum Gasteiger partial charge on any atom is 0.341 e. The number of fused-ring (bicyclic) bond motifs is 1. The van der Waals surface area contributed by atoms with Crippen LogP contribution in [0.1, 0.15) is 69.5 Å². The van der Waals surface area contributed by atoms with Crippen LogP contribution < -0.4 is 5.32 Å². The highest BCUT2D eigenvalue weighted by Crippen LogP contribution is 2.40. The largest absolute Gasteiger partial charge is 0.462 e. The lowest BCUT2D eigenvalue weighted by molar-refractivity contribution is 0.0500. The topological polar surface area (TPSA) is 81.4 Å². The van der Waals surface area contributed by atoms with E-state index in [0.717, 1.165) is 49.0 Å². The van der Waals surface area contributed by atoms with Gasteiger partial charge in [0, 0.05) is 10.4 Å². The quantitative estimate of drug-likeness (QED) is 0.272. The normalized spacial score (nSPS) is 13.0. The van der Waals surface area contributed by atoms with Gasteiger partial charge >= 0.3 is 5.97 Å². The van der Waals surface area contributed by atoms with Gasteiger partial charge in [-0.1, -0.05) is 47.8 Å². The van der Waals surface area contributed by atoms with Crippen molar-refractivity contribution in [2.24, 2.45) is 0 Å². The molecule has 2 heterocycles. The van der Waals surface area contributed by atoms with E-state index in [9.17, 15) is 9.59 Å². The number of unbranched alkanes of at least 4 members (excludes halogenated alkanes) is 1. The molecule has 0 bridgehead atoms. The molecule has 1 aromatic carbocycles. The molecule has 0 saturated heterocycles. The number of hydrogen-bond donors (Lipinski definition) is 1. The first-order valence-electron chi connectivity index (χ1n) is 11.0. The van der Waals surface area contributed by atoms with E-state index in [2.05, 4.69) is 10.5 Å². The number of carbonyl (C=O) groups is 2. The fourth-order valence-corrected chi connectivity index (χ4v) is 5.80. The van der Waals surface area contributed by atoms with Gasteiger partial charge < -0.3 is 14.6 Å². The van der Waals surface area contributed by atoms with Crippen LogP contribution in [0.4, 0.5) is 5.00 Å². The van der Waals surface area contributed by atoms with Crippen LogP contribution in [0, 0.1) is 6.92 Å². The number of esters is 1. The molecule has 0 unspecified atom stereocenters. The van der Waals surface area contributed by atoms with E-state index >= 15 is 0 Å². The summed E-state index contributed by atoms with van der Waals surface area (Å²) in [5.74, 6) is -0.512. The first kappa shape index (κ1) is 23.8. The van der Waals surface area contributed by atoms with Crippen molar-refractivity contribution in [3.8, 4) is 11.3 Å². The van der Waals surface area contributed by atoms with Crippen LogP contribution >= 0.6 is 34.5 Å². The van der Waals surface area contributed by atoms with Gasteiger partial charge in [-0.2, -0.15) is 0 Å². The van der Waals surface area contributed by atoms with Crippen molar-refractivity contribution < 1.29 is 18.8 Å². The lowest BCUT2D eigenvalue weighted by Crippen LogP contribution is -2.17. The first-order chi connectivity index (χ1) is 15.9. The standard InChI is InChI=1S/C24H24Cl2N2O4S/c1-3-4-12-31-24(30)19-14-8-5-6-11-17(14)33-23(19)27-22(29)18-13(2)32-28-21(18)20-15(25)9-7-10-16(20)26/h7,9-10H,3-6,8,11-12H2,1-2H3,(H,27,29). The summed E-state index contributed by atoms with van der Waals surface area (Å²) < 4.78 is 10.8. The van der Waals surface area contributed by atoms with Gasteiger partial charge in [0.15, 0.2) is 0 Å². The predicted molar refractivity (Wildman–Crippen MR) is 131 cm³/mol. The summed E-state index contributed by atoms with van der Waals surface area (Å²) in [6, 6.07) is 5.06. The van der Waals surface area contributed by atoms with Gasteiger partial charge in [-0.15, -0.1) is 11.3 Å². The first-order valence-corrected chi connectivity index (χ1v) is 12.5. The number of halogens is 2. The molecule has 9 heteroatoms. The molecule has 0 atom stereocenters. The van der Waals surface area contributed by atoms with Crippen molar-refractivity contribution in [3.05, 3.63) is 55.6 Å². The summed E-state index contributed by atoms with van der Waals surface area (Å²) in [6.07, 6.45) is 5.47. The van der Waals surface area contributed by atoms with Crippen LogP contribution in [0.15, 0.2) is 22.7 Å². The number of ether oxygens (including phenoxy) is 1. The maximum absolute atomic E-state index is 13.4. The summed E-state index contributed by atoms with van der Waals surface area (Å²) in [7, 11) is 0. The molecule has 1 aliphatic rings. The fraction of sp³-hybridized carbons (Fsp3) is 0.375. The molecule has 2 aromatic heterocycles. The molecule has 1 N–H and O–H groups in total. The molecular weight excluding hydrogens is 483 g/mol. The summed E-state index contributed by atoms with van der Waals surface area (Å²) in [6.45, 7) is 4.04. The Labute approximate surface area is 206 Å². The highest BCUT2D eigenvalue weighted by Gasteiger charge is 2.30. The number of nitrogens with one attached hydrogen (secondary N) is 1. The minimum Gasteiger partial charge on any atom is -0.462 e. The van der Waals surface area contributed by atoms with Crippen molar-refractivity contribution >= 4 is 51.4 Å². The monoisotopic (exact) mass is 506 g/mol. The van der Waals surface area contributed by atoms with Crippen LogP contribution in [0.5, 0.6) is 0 Å². The second kappa shape index (κ2) is 10.3. The zero-order chi connectivity index (χ0) is 23.5. The molecule has 1 aliphatic carbocycles. The Bertz CT molecular complexity index is 1180. The van der Waals surface area contributed by atoms with Gasteiger partial charge in [0.1, 0.15) is 22.0 Å². The molecule has 0 radical (unpaired) electrons. The Kier molecular flexibility index (Phi) is 7.41. The Hall–Kier alpha value is -2.35. The number of nitrogens with zero attached hydrogens (tertiary/aromatic N) is 1. The molecule has 0 spiro atoms. The zero-order valence-corrected chi connectivity index (χ0v) is 20.8. The molecule has 1 amide bonds. The SMILES string of the molecule is CCCCOC(=O)c1c(NC(=O)c2c(-c3c(Cl)cccc3Cl)noc2C)sc2c1CCCC2. The van der Waals surface area contributed by atoms with E-state index in [1.54, 1.807) is 25.1 Å². The zero-order valence-electron chi connectivity index (χ0n) is 18.4. The van der Waals surface area contributed by atoms with Crippen molar-refractivity contribution in [2.45, 2.75) is 52.4 Å². The molecule has 4 rings (SSSR count). The van der Waals surface area contributed by atoms with Crippen molar-refractivity contribution in [3.63, 3.8) is 0 Å². The second-order valence-corrected chi connectivity index (χ2v) is 9.84. The van der Waals surface area contributed by atoms with Gasteiger partial charge in [0.25, 0.3) is 5.91 Å². The number of benzene rings is 1. The van der Waals surface area contributed by atoms with E-state index in [4.69, 9.17) is 32.5 Å². The summed E-state index contributed by atoms with van der Waals surface area (Å²) >= 11 is 14.1. The number of amides is 1. The average Bonchev–Trinajstić information content (AvgIpc) is 3.33. The molecule has 0 saturated carbocycles. The maximum atomic E-state index is 13.4. The minimum absolute atomic E-state index is 0.224. The van der Waals surface area contributed by atoms with E-state index in [-0.39, 0.29) is 11.3 Å². The van der Waals surface area contributed by atoms with E-state index in [1.807, 2.05) is 6.92 Å². The number of hydrogen-bond acceptors (Lipinski definition) is 6. The molecule has 3 aromatic rings. The highest BCUT2D eigenvalue weighted by molar-refractivity contribution is 7.17. The summed E-state index contributed by atoms with van der Waals surface area (Å²) in [5.41, 5.74) is 2.35. The van der Waals surface area contributed by atoms with E-state index in [1.165, 1.54) is 11.3 Å². The lowest BCUT2D eigenvalue weighted by Gasteiger charge is -2.13. The van der Waals surface area contributed by atoms with Crippen LogP contribution in [0.3, 0.4) is 0 Å². The van der Waals surface area contributed by atoms with Gasteiger partial charge in [-0.05, 0) is 56.7 Å². The fourth-order valence-electron chi connectivity index (χ4n) is 3.95. The van der Waals surface area contributed by atoms with Crippen LogP contribution in [-0.4, -0.2) is 23.6 Å². The van der Waals surface area contributed by atoms with Gasteiger partial charge in [0.05, 0.1) is 22.2 Å². The molecule has 0 aliphatic heterocycles.